The largest absolute Gasteiger partial charge is 0.461 e. The fraction of sp³-hybridized carbons (Fsp3) is 0.609. The lowest BCUT2D eigenvalue weighted by Gasteiger charge is -2.46. The Bertz CT molecular complexity index is 697. The lowest BCUT2D eigenvalue weighted by molar-refractivity contribution is -0.145. The van der Waals surface area contributed by atoms with Gasteiger partial charge < -0.3 is 9.64 Å². The fourth-order valence-corrected chi connectivity index (χ4v) is 5.55. The average Bonchev–Trinajstić information content (AvgIpc) is 2.88. The standard InChI is InChI=1S/C23H31NO2/c1-16-8-7-11-23(2)13-21-18(12-20(16)23)19(22(25)26-21)15-24(3)14-17-9-5-4-6-10-17/h4-6,9-10,12,16,18-19,21H,7-8,11,13-15H2,1-3H3/t16-,18+,19-,21-,23+/m1/s1. The van der Waals surface area contributed by atoms with Gasteiger partial charge in [-0.1, -0.05) is 62.2 Å². The maximum absolute atomic E-state index is 12.6. The second-order valence-corrected chi connectivity index (χ2v) is 9.02. The zero-order valence-corrected chi connectivity index (χ0v) is 16.3. The number of hydrogen-bond donors (Lipinski definition) is 0. The molecule has 1 aromatic rings. The SMILES string of the molecule is C[C@@H]1CCC[C@@]2(C)C[C@H]3OC(=O)[C@H](CN(C)Cc4ccccc4)[C@@H]3C=C12. The molecule has 0 bridgehead atoms. The number of rotatable bonds is 4. The van der Waals surface area contributed by atoms with Crippen LogP contribution in [0.4, 0.5) is 0 Å². The first-order chi connectivity index (χ1) is 12.5. The summed E-state index contributed by atoms with van der Waals surface area (Å²) in [4.78, 5) is 14.9. The summed E-state index contributed by atoms with van der Waals surface area (Å²) < 4.78 is 5.87. The van der Waals surface area contributed by atoms with Crippen molar-refractivity contribution in [3.05, 3.63) is 47.5 Å². The number of nitrogens with zero attached hydrogens (tertiary/aromatic N) is 1. The first-order valence-electron chi connectivity index (χ1n) is 10.1. The zero-order chi connectivity index (χ0) is 18.3. The minimum Gasteiger partial charge on any atom is -0.461 e. The van der Waals surface area contributed by atoms with Crippen LogP contribution in [0.25, 0.3) is 0 Å². The van der Waals surface area contributed by atoms with Gasteiger partial charge in [-0.15, -0.1) is 0 Å². The van der Waals surface area contributed by atoms with Gasteiger partial charge in [0.15, 0.2) is 0 Å². The van der Waals surface area contributed by atoms with Crippen molar-refractivity contribution in [3.8, 4) is 0 Å². The molecule has 0 unspecified atom stereocenters. The maximum atomic E-state index is 12.6. The van der Waals surface area contributed by atoms with Crippen molar-refractivity contribution in [2.75, 3.05) is 13.6 Å². The highest BCUT2D eigenvalue weighted by atomic mass is 16.6. The van der Waals surface area contributed by atoms with Gasteiger partial charge in [0, 0.05) is 19.0 Å². The molecule has 0 N–H and O–H groups in total. The first kappa shape index (κ1) is 17.8. The molecule has 1 aliphatic heterocycles. The molecule has 0 spiro atoms. The number of benzene rings is 1. The van der Waals surface area contributed by atoms with E-state index in [4.69, 9.17) is 4.74 Å². The molecule has 5 atom stereocenters. The Morgan fingerprint density at radius 3 is 2.81 bits per heavy atom. The number of esters is 1. The van der Waals surface area contributed by atoms with E-state index in [1.54, 1.807) is 5.57 Å². The molecule has 1 aromatic carbocycles. The van der Waals surface area contributed by atoms with E-state index in [1.807, 2.05) is 6.07 Å². The van der Waals surface area contributed by atoms with Gasteiger partial charge in [0.05, 0.1) is 5.92 Å². The van der Waals surface area contributed by atoms with Crippen LogP contribution in [-0.4, -0.2) is 30.6 Å². The predicted octanol–water partition coefficient (Wildman–Crippen LogP) is 4.43. The molecule has 1 saturated heterocycles. The molecule has 26 heavy (non-hydrogen) atoms. The molecule has 3 aliphatic rings. The van der Waals surface area contributed by atoms with Crippen LogP contribution in [0.5, 0.6) is 0 Å². The van der Waals surface area contributed by atoms with Crippen LogP contribution in [0.3, 0.4) is 0 Å². The average molecular weight is 354 g/mol. The van der Waals surface area contributed by atoms with Crippen molar-refractivity contribution in [2.24, 2.45) is 23.2 Å². The van der Waals surface area contributed by atoms with E-state index in [0.29, 0.717) is 5.92 Å². The molecule has 1 saturated carbocycles. The van der Waals surface area contributed by atoms with Crippen molar-refractivity contribution in [3.63, 3.8) is 0 Å². The first-order valence-corrected chi connectivity index (χ1v) is 10.1. The molecule has 0 amide bonds. The predicted molar refractivity (Wildman–Crippen MR) is 103 cm³/mol. The summed E-state index contributed by atoms with van der Waals surface area (Å²) in [5.74, 6) is 0.879. The Balaban J connectivity index is 1.51. The second kappa shape index (κ2) is 6.84. The highest BCUT2D eigenvalue weighted by Crippen LogP contribution is 2.53. The second-order valence-electron chi connectivity index (χ2n) is 9.02. The number of ether oxygens (including phenoxy) is 1. The van der Waals surface area contributed by atoms with Gasteiger partial charge in [0.2, 0.25) is 0 Å². The van der Waals surface area contributed by atoms with E-state index in [1.165, 1.54) is 24.8 Å². The third-order valence-corrected chi connectivity index (χ3v) is 6.89. The van der Waals surface area contributed by atoms with Crippen LogP contribution in [-0.2, 0) is 16.1 Å². The van der Waals surface area contributed by atoms with E-state index >= 15 is 0 Å². The van der Waals surface area contributed by atoms with Gasteiger partial charge in [0.25, 0.3) is 0 Å². The molecule has 3 nitrogen and oxygen atoms in total. The summed E-state index contributed by atoms with van der Waals surface area (Å²) in [5.41, 5.74) is 3.12. The quantitative estimate of drug-likeness (QED) is 0.592. The smallest absolute Gasteiger partial charge is 0.311 e. The van der Waals surface area contributed by atoms with Crippen molar-refractivity contribution in [1.82, 2.24) is 4.90 Å². The molecular weight excluding hydrogens is 322 g/mol. The molecule has 140 valence electrons. The molecule has 4 rings (SSSR count). The van der Waals surface area contributed by atoms with Gasteiger partial charge in [-0.3, -0.25) is 4.79 Å². The minimum absolute atomic E-state index is 0.00617. The number of carbonyl (C=O) groups is 1. The topological polar surface area (TPSA) is 29.5 Å². The van der Waals surface area contributed by atoms with E-state index in [-0.39, 0.29) is 29.3 Å². The lowest BCUT2D eigenvalue weighted by Crippen LogP contribution is -2.40. The zero-order valence-electron chi connectivity index (χ0n) is 16.3. The molecule has 0 radical (unpaired) electrons. The fourth-order valence-electron chi connectivity index (χ4n) is 5.55. The lowest BCUT2D eigenvalue weighted by atomic mass is 9.59. The van der Waals surface area contributed by atoms with E-state index in [0.717, 1.165) is 19.5 Å². The Hall–Kier alpha value is -1.61. The maximum Gasteiger partial charge on any atom is 0.311 e. The van der Waals surface area contributed by atoms with Gasteiger partial charge in [-0.2, -0.15) is 0 Å². The molecule has 2 aliphatic carbocycles. The highest BCUT2D eigenvalue weighted by Gasteiger charge is 2.51. The number of carbonyl (C=O) groups excluding carboxylic acids is 1. The summed E-state index contributed by atoms with van der Waals surface area (Å²) in [7, 11) is 2.11. The van der Waals surface area contributed by atoms with Crippen LogP contribution in [0, 0.1) is 23.2 Å². The summed E-state index contributed by atoms with van der Waals surface area (Å²) in [6.07, 6.45) is 7.36. The van der Waals surface area contributed by atoms with Crippen molar-refractivity contribution in [1.29, 1.82) is 0 Å². The van der Waals surface area contributed by atoms with Crippen molar-refractivity contribution in [2.45, 2.75) is 52.2 Å². The molecule has 1 heterocycles. The van der Waals surface area contributed by atoms with Crippen LogP contribution in [0.1, 0.15) is 45.1 Å². The van der Waals surface area contributed by atoms with Gasteiger partial charge in [-0.05, 0) is 43.2 Å². The van der Waals surface area contributed by atoms with Crippen LogP contribution >= 0.6 is 0 Å². The van der Waals surface area contributed by atoms with Crippen molar-refractivity contribution < 1.29 is 9.53 Å². The summed E-state index contributed by atoms with van der Waals surface area (Å²) in [6.45, 7) is 6.38. The van der Waals surface area contributed by atoms with E-state index in [9.17, 15) is 4.79 Å². The summed E-state index contributed by atoms with van der Waals surface area (Å²) in [6, 6.07) is 10.5. The molecular formula is C23H31NO2. The van der Waals surface area contributed by atoms with Crippen molar-refractivity contribution >= 4 is 5.97 Å². The van der Waals surface area contributed by atoms with Crippen LogP contribution in [0.15, 0.2) is 42.0 Å². The number of allylic oxidation sites excluding steroid dienone is 1. The number of hydrogen-bond acceptors (Lipinski definition) is 3. The van der Waals surface area contributed by atoms with Gasteiger partial charge in [0.1, 0.15) is 6.10 Å². The van der Waals surface area contributed by atoms with E-state index < -0.39 is 0 Å². The third-order valence-electron chi connectivity index (χ3n) is 6.89. The van der Waals surface area contributed by atoms with E-state index in [2.05, 4.69) is 56.1 Å². The Kier molecular flexibility index (Phi) is 4.68. The molecule has 2 fully saturated rings. The summed E-state index contributed by atoms with van der Waals surface area (Å²) in [5, 5.41) is 0. The molecule has 3 heteroatoms. The van der Waals surface area contributed by atoms with Gasteiger partial charge in [-0.25, -0.2) is 0 Å². The minimum atomic E-state index is -0.0279. The normalized spacial score (nSPS) is 36.3. The van der Waals surface area contributed by atoms with Gasteiger partial charge >= 0.3 is 5.97 Å². The van der Waals surface area contributed by atoms with Crippen LogP contribution in [0.2, 0.25) is 0 Å². The highest BCUT2D eigenvalue weighted by molar-refractivity contribution is 5.76. The Morgan fingerprint density at radius 2 is 2.04 bits per heavy atom. The summed E-state index contributed by atoms with van der Waals surface area (Å²) >= 11 is 0. The third kappa shape index (κ3) is 3.22. The monoisotopic (exact) mass is 353 g/mol. The Labute approximate surface area is 157 Å². The number of fused-ring (bicyclic) bond motifs is 2. The van der Waals surface area contributed by atoms with Crippen LogP contribution < -0.4 is 0 Å². The molecule has 0 aromatic heterocycles. The Morgan fingerprint density at radius 1 is 1.27 bits per heavy atom.